The third-order valence-corrected chi connectivity index (χ3v) is 5.58. The number of anilines is 1. The zero-order valence-corrected chi connectivity index (χ0v) is 18.3. The first-order valence-corrected chi connectivity index (χ1v) is 10.4. The van der Waals surface area contributed by atoms with Crippen molar-refractivity contribution in [2.75, 3.05) is 5.73 Å². The molecule has 0 radical (unpaired) electrons. The maximum Gasteiger partial charge on any atom is 0.220 e. The summed E-state index contributed by atoms with van der Waals surface area (Å²) in [4.78, 5) is 16.5. The molecule has 4 heterocycles. The first-order chi connectivity index (χ1) is 15.4. The Morgan fingerprint density at radius 3 is 2.72 bits per heavy atom. The minimum absolute atomic E-state index is 0.0518. The number of hydrogen-bond acceptors (Lipinski definition) is 7. The van der Waals surface area contributed by atoms with Crippen LogP contribution in [0.5, 0.6) is 0 Å². The van der Waals surface area contributed by atoms with Gasteiger partial charge in [-0.1, -0.05) is 19.9 Å². The second-order valence-electron chi connectivity index (χ2n) is 7.65. The van der Waals surface area contributed by atoms with Gasteiger partial charge in [0, 0.05) is 59.5 Å². The second-order valence-corrected chi connectivity index (χ2v) is 7.65. The number of fused-ring (bicyclic) bond motifs is 1. The van der Waals surface area contributed by atoms with Gasteiger partial charge in [0.05, 0.1) is 17.6 Å². The SMILES string of the molecule is CC/C=C(\C=N)C(O)(CC)c1cc(-c2c[nH]c3ncc(-c4cnn(C)c4)cc23)nc(N)n1. The lowest BCUT2D eigenvalue weighted by Gasteiger charge is -2.27. The van der Waals surface area contributed by atoms with E-state index in [4.69, 9.17) is 11.1 Å². The van der Waals surface area contributed by atoms with Crippen LogP contribution in [0.2, 0.25) is 0 Å². The quantitative estimate of drug-likeness (QED) is 0.330. The molecule has 164 valence electrons. The fourth-order valence-corrected chi connectivity index (χ4v) is 3.86. The molecule has 0 aliphatic rings. The highest BCUT2D eigenvalue weighted by Gasteiger charge is 2.33. The van der Waals surface area contributed by atoms with Gasteiger partial charge < -0.3 is 21.2 Å². The summed E-state index contributed by atoms with van der Waals surface area (Å²) in [5, 5.41) is 24.3. The van der Waals surface area contributed by atoms with Gasteiger partial charge in [0.25, 0.3) is 0 Å². The van der Waals surface area contributed by atoms with Gasteiger partial charge >= 0.3 is 0 Å². The zero-order valence-electron chi connectivity index (χ0n) is 18.3. The molecule has 0 saturated carbocycles. The van der Waals surface area contributed by atoms with Gasteiger partial charge in [-0.05, 0) is 25.0 Å². The van der Waals surface area contributed by atoms with Gasteiger partial charge in [0.1, 0.15) is 11.2 Å². The highest BCUT2D eigenvalue weighted by atomic mass is 16.3. The van der Waals surface area contributed by atoms with E-state index in [1.165, 1.54) is 6.21 Å². The number of rotatable bonds is 7. The summed E-state index contributed by atoms with van der Waals surface area (Å²) in [6.07, 6.45) is 11.3. The van der Waals surface area contributed by atoms with E-state index < -0.39 is 5.60 Å². The Balaban J connectivity index is 1.87. The number of aryl methyl sites for hydroxylation is 1. The topological polar surface area (TPSA) is 142 Å². The molecule has 4 rings (SSSR count). The average molecular weight is 431 g/mol. The van der Waals surface area contributed by atoms with Crippen molar-refractivity contribution in [2.45, 2.75) is 32.3 Å². The number of H-pyrrole nitrogens is 1. The summed E-state index contributed by atoms with van der Waals surface area (Å²) < 4.78 is 1.74. The lowest BCUT2D eigenvalue weighted by atomic mass is 9.86. The first kappa shape index (κ1) is 21.4. The van der Waals surface area contributed by atoms with Crippen LogP contribution in [0.1, 0.15) is 32.4 Å². The van der Waals surface area contributed by atoms with Gasteiger partial charge in [-0.2, -0.15) is 5.10 Å². The van der Waals surface area contributed by atoms with Crippen molar-refractivity contribution in [3.8, 4) is 22.4 Å². The maximum absolute atomic E-state index is 11.4. The molecule has 0 amide bonds. The third kappa shape index (κ3) is 3.67. The van der Waals surface area contributed by atoms with Crippen molar-refractivity contribution < 1.29 is 5.11 Å². The van der Waals surface area contributed by atoms with Gasteiger partial charge in [-0.3, -0.25) is 4.68 Å². The summed E-state index contributed by atoms with van der Waals surface area (Å²) >= 11 is 0. The highest BCUT2D eigenvalue weighted by molar-refractivity contribution is 5.95. The summed E-state index contributed by atoms with van der Waals surface area (Å²) in [7, 11) is 1.87. The van der Waals surface area contributed by atoms with Gasteiger partial charge in [-0.25, -0.2) is 15.0 Å². The van der Waals surface area contributed by atoms with Crippen molar-refractivity contribution >= 4 is 23.2 Å². The van der Waals surface area contributed by atoms with Crippen molar-refractivity contribution in [2.24, 2.45) is 7.05 Å². The van der Waals surface area contributed by atoms with E-state index in [2.05, 4.69) is 25.0 Å². The number of allylic oxidation sites excluding steroid dienone is 1. The van der Waals surface area contributed by atoms with Gasteiger partial charge in [0.15, 0.2) is 0 Å². The predicted octanol–water partition coefficient (Wildman–Crippen LogP) is 3.59. The Kier molecular flexibility index (Phi) is 5.58. The Bertz CT molecular complexity index is 1320. The number of hydrogen-bond donors (Lipinski definition) is 4. The minimum Gasteiger partial charge on any atom is -0.379 e. The van der Waals surface area contributed by atoms with Gasteiger partial charge in [-0.15, -0.1) is 0 Å². The fraction of sp³-hybridized carbons (Fsp3) is 0.261. The number of aliphatic hydroxyl groups is 1. The zero-order chi connectivity index (χ0) is 22.9. The highest BCUT2D eigenvalue weighted by Crippen LogP contribution is 2.35. The van der Waals surface area contributed by atoms with Crippen molar-refractivity contribution in [3.63, 3.8) is 0 Å². The van der Waals surface area contributed by atoms with Crippen LogP contribution in [0.15, 0.2) is 48.6 Å². The number of aromatic amines is 1. The maximum atomic E-state index is 11.4. The fourth-order valence-electron chi connectivity index (χ4n) is 3.86. The van der Waals surface area contributed by atoms with Crippen LogP contribution >= 0.6 is 0 Å². The van der Waals surface area contributed by atoms with Crippen molar-refractivity contribution in [1.29, 1.82) is 5.41 Å². The van der Waals surface area contributed by atoms with E-state index in [1.807, 2.05) is 45.4 Å². The van der Waals surface area contributed by atoms with E-state index in [9.17, 15) is 5.11 Å². The van der Waals surface area contributed by atoms with E-state index in [-0.39, 0.29) is 5.95 Å². The number of nitrogens with zero attached hydrogens (tertiary/aromatic N) is 5. The number of nitrogens with one attached hydrogen (secondary N) is 2. The van der Waals surface area contributed by atoms with Crippen molar-refractivity contribution in [1.82, 2.24) is 29.7 Å². The molecule has 0 saturated heterocycles. The van der Waals surface area contributed by atoms with Crippen LogP contribution in [0.3, 0.4) is 0 Å². The lowest BCUT2D eigenvalue weighted by molar-refractivity contribution is 0.0738. The summed E-state index contributed by atoms with van der Waals surface area (Å²) in [5.41, 5.74) is 9.41. The van der Waals surface area contributed by atoms with Crippen LogP contribution < -0.4 is 5.73 Å². The molecule has 4 aromatic rings. The normalized spacial score (nSPS) is 13.9. The molecule has 0 fully saturated rings. The molecule has 9 nitrogen and oxygen atoms in total. The van der Waals surface area contributed by atoms with Crippen LogP contribution in [0, 0.1) is 5.41 Å². The van der Waals surface area contributed by atoms with E-state index in [0.29, 0.717) is 35.4 Å². The molecular weight excluding hydrogens is 404 g/mol. The van der Waals surface area contributed by atoms with Crippen molar-refractivity contribution in [3.05, 3.63) is 54.3 Å². The third-order valence-electron chi connectivity index (χ3n) is 5.58. The van der Waals surface area contributed by atoms with Crippen LogP contribution in [0.4, 0.5) is 5.95 Å². The molecule has 32 heavy (non-hydrogen) atoms. The number of nitrogens with two attached hydrogens (primary N) is 1. The molecule has 9 heteroatoms. The molecule has 0 aliphatic carbocycles. The van der Waals surface area contributed by atoms with Crippen LogP contribution in [0.25, 0.3) is 33.4 Å². The molecule has 0 spiro atoms. The molecular formula is C23H26N8O. The molecule has 0 aliphatic heterocycles. The smallest absolute Gasteiger partial charge is 0.220 e. The molecule has 0 bridgehead atoms. The number of nitrogen functional groups attached to an aromatic ring is 1. The monoisotopic (exact) mass is 430 g/mol. The first-order valence-electron chi connectivity index (χ1n) is 10.4. The number of aromatic nitrogens is 6. The molecule has 5 N–H and O–H groups in total. The summed E-state index contributed by atoms with van der Waals surface area (Å²) in [6, 6.07) is 3.75. The van der Waals surface area contributed by atoms with Crippen LogP contribution in [-0.2, 0) is 12.6 Å². The Morgan fingerprint density at radius 2 is 2.06 bits per heavy atom. The lowest BCUT2D eigenvalue weighted by Crippen LogP contribution is -2.30. The Labute approximate surface area is 185 Å². The van der Waals surface area contributed by atoms with E-state index >= 15 is 0 Å². The Morgan fingerprint density at radius 1 is 1.25 bits per heavy atom. The van der Waals surface area contributed by atoms with E-state index in [1.54, 1.807) is 23.1 Å². The van der Waals surface area contributed by atoms with E-state index in [0.717, 1.165) is 22.1 Å². The minimum atomic E-state index is -1.44. The molecule has 4 aromatic heterocycles. The van der Waals surface area contributed by atoms with Crippen LogP contribution in [-0.4, -0.2) is 41.0 Å². The average Bonchev–Trinajstić information content (AvgIpc) is 3.42. The number of pyridine rings is 1. The molecule has 1 unspecified atom stereocenters. The summed E-state index contributed by atoms with van der Waals surface area (Å²) in [6.45, 7) is 3.80. The second kappa shape index (κ2) is 8.35. The standard InChI is InChI=1S/C23H26N8O/c1-4-6-16(9-24)23(32,5-2)20-8-19(29-22(25)30-20)18-12-27-21-17(18)7-14(10-26-21)15-11-28-31(3)13-15/h6-13,24,32H,4-5H2,1-3H3,(H,26,27)(H2,25,29,30)/b16-6+,24-9?. The summed E-state index contributed by atoms with van der Waals surface area (Å²) in [5.74, 6) is 0.0518. The predicted molar refractivity (Wildman–Crippen MR) is 125 cm³/mol. The van der Waals surface area contributed by atoms with Gasteiger partial charge in [0.2, 0.25) is 5.95 Å². The molecule has 0 aromatic carbocycles. The Hall–Kier alpha value is -3.85. The largest absolute Gasteiger partial charge is 0.379 e. The molecule has 1 atom stereocenters.